The van der Waals surface area contributed by atoms with Crippen molar-refractivity contribution in [3.05, 3.63) is 71.7 Å². The van der Waals surface area contributed by atoms with E-state index in [1.54, 1.807) is 0 Å². The molecule has 0 radical (unpaired) electrons. The first kappa shape index (κ1) is 16.3. The Labute approximate surface area is 148 Å². The molecular weight excluding hydrogens is 311 g/mol. The fraction of sp³-hybridized carbons (Fsp3) is 0.364. The summed E-state index contributed by atoms with van der Waals surface area (Å²) in [6.07, 6.45) is 7.25. The van der Waals surface area contributed by atoms with Crippen molar-refractivity contribution in [3.63, 3.8) is 0 Å². The number of halogens is 1. The molecule has 3 heteroatoms. The molecular formula is C22H25FN2. The van der Waals surface area contributed by atoms with E-state index in [0.29, 0.717) is 11.8 Å². The van der Waals surface area contributed by atoms with Gasteiger partial charge in [0.2, 0.25) is 0 Å². The summed E-state index contributed by atoms with van der Waals surface area (Å²) in [4.78, 5) is 0. The highest BCUT2D eigenvalue weighted by atomic mass is 19.1. The van der Waals surface area contributed by atoms with Crippen LogP contribution in [0.2, 0.25) is 0 Å². The molecule has 0 aliphatic heterocycles. The van der Waals surface area contributed by atoms with Crippen LogP contribution in [-0.4, -0.2) is 11.1 Å². The Morgan fingerprint density at radius 2 is 1.68 bits per heavy atom. The van der Waals surface area contributed by atoms with Crippen molar-refractivity contribution in [1.29, 1.82) is 0 Å². The Bertz CT molecular complexity index is 842. The zero-order valence-corrected chi connectivity index (χ0v) is 14.5. The van der Waals surface area contributed by atoms with Gasteiger partial charge in [-0.25, -0.2) is 4.39 Å². The van der Waals surface area contributed by atoms with Crippen LogP contribution in [0.25, 0.3) is 10.9 Å². The lowest BCUT2D eigenvalue weighted by Crippen LogP contribution is -2.20. The summed E-state index contributed by atoms with van der Waals surface area (Å²) in [6, 6.07) is 15.5. The monoisotopic (exact) mass is 336 g/mol. The van der Waals surface area contributed by atoms with Crippen molar-refractivity contribution < 1.29 is 4.39 Å². The van der Waals surface area contributed by atoms with E-state index in [1.807, 2.05) is 12.1 Å². The third kappa shape index (κ3) is 3.34. The number of aromatic nitrogens is 1. The van der Waals surface area contributed by atoms with E-state index in [4.69, 9.17) is 5.73 Å². The number of hydrogen-bond acceptors (Lipinski definition) is 1. The zero-order chi connectivity index (χ0) is 17.2. The molecule has 3 aromatic rings. The first-order valence-corrected chi connectivity index (χ1v) is 9.27. The number of benzene rings is 2. The second kappa shape index (κ2) is 7.01. The summed E-state index contributed by atoms with van der Waals surface area (Å²) in [5.41, 5.74) is 9.71. The fourth-order valence-electron chi connectivity index (χ4n) is 4.23. The molecule has 1 aliphatic rings. The molecule has 2 N–H and O–H groups in total. The molecule has 0 unspecified atom stereocenters. The van der Waals surface area contributed by atoms with E-state index in [0.717, 1.165) is 18.7 Å². The van der Waals surface area contributed by atoms with Crippen LogP contribution in [0.15, 0.2) is 54.7 Å². The largest absolute Gasteiger partial charge is 0.343 e. The normalized spacial score (nSPS) is 20.9. The predicted molar refractivity (Wildman–Crippen MR) is 101 cm³/mol. The molecule has 0 spiro atoms. The molecule has 1 saturated carbocycles. The van der Waals surface area contributed by atoms with Crippen LogP contribution < -0.4 is 5.73 Å². The summed E-state index contributed by atoms with van der Waals surface area (Å²) >= 11 is 0. The Morgan fingerprint density at radius 3 is 2.40 bits per heavy atom. The van der Waals surface area contributed by atoms with Crippen molar-refractivity contribution >= 4 is 10.9 Å². The summed E-state index contributed by atoms with van der Waals surface area (Å²) in [7, 11) is 0. The van der Waals surface area contributed by atoms with Crippen LogP contribution in [-0.2, 0) is 6.54 Å². The van der Waals surface area contributed by atoms with E-state index in [2.05, 4.69) is 35.0 Å². The number of hydrogen-bond donors (Lipinski definition) is 1. The highest BCUT2D eigenvalue weighted by Gasteiger charge is 2.24. The molecule has 2 aromatic carbocycles. The molecule has 0 amide bonds. The number of fused-ring (bicyclic) bond motifs is 1. The van der Waals surface area contributed by atoms with Gasteiger partial charge in [-0.15, -0.1) is 0 Å². The lowest BCUT2D eigenvalue weighted by molar-refractivity contribution is 0.333. The van der Waals surface area contributed by atoms with Crippen molar-refractivity contribution in [2.24, 2.45) is 11.7 Å². The van der Waals surface area contributed by atoms with Crippen molar-refractivity contribution in [2.75, 3.05) is 6.54 Å². The molecule has 1 aliphatic carbocycles. The predicted octanol–water partition coefficient (Wildman–Crippen LogP) is 5.06. The molecule has 0 atom stereocenters. The molecule has 0 saturated heterocycles. The summed E-state index contributed by atoms with van der Waals surface area (Å²) in [5.74, 6) is 1.14. The van der Waals surface area contributed by atoms with Gasteiger partial charge in [0.25, 0.3) is 0 Å². The number of nitrogens with two attached hydrogens (primary N) is 1. The summed E-state index contributed by atoms with van der Waals surface area (Å²) < 4.78 is 15.5. The van der Waals surface area contributed by atoms with E-state index in [1.165, 1.54) is 54.3 Å². The number of para-hydroxylation sites is 1. The number of nitrogens with zero attached hydrogens (tertiary/aromatic N) is 1. The Morgan fingerprint density at radius 1 is 0.960 bits per heavy atom. The molecule has 4 rings (SSSR count). The van der Waals surface area contributed by atoms with Crippen molar-refractivity contribution in [2.45, 2.75) is 38.1 Å². The van der Waals surface area contributed by atoms with E-state index >= 15 is 0 Å². The van der Waals surface area contributed by atoms with Gasteiger partial charge in [0.15, 0.2) is 0 Å². The molecule has 2 nitrogen and oxygen atoms in total. The minimum absolute atomic E-state index is 0.182. The second-order valence-electron chi connectivity index (χ2n) is 7.31. The van der Waals surface area contributed by atoms with Gasteiger partial charge in [-0.2, -0.15) is 0 Å². The zero-order valence-electron chi connectivity index (χ0n) is 14.5. The van der Waals surface area contributed by atoms with Crippen LogP contribution in [0.4, 0.5) is 4.39 Å². The maximum Gasteiger partial charge on any atom is 0.123 e. The second-order valence-corrected chi connectivity index (χ2v) is 7.31. The van der Waals surface area contributed by atoms with Crippen LogP contribution in [0.5, 0.6) is 0 Å². The highest BCUT2D eigenvalue weighted by molar-refractivity contribution is 5.84. The first-order chi connectivity index (χ1) is 12.2. The van der Waals surface area contributed by atoms with Gasteiger partial charge >= 0.3 is 0 Å². The van der Waals surface area contributed by atoms with Crippen LogP contribution in [0.1, 0.15) is 42.7 Å². The standard InChI is InChI=1S/C22H25FN2/c23-19-11-7-17(8-12-19)14-25-15-21(20-3-1-2-4-22(20)25)18-9-5-16(13-24)6-10-18/h1-4,7-8,11-12,15-16,18H,5-6,9-10,13-14,24H2. The fourth-order valence-corrected chi connectivity index (χ4v) is 4.23. The maximum absolute atomic E-state index is 13.2. The SMILES string of the molecule is NCC1CCC(c2cn(Cc3ccc(F)cc3)c3ccccc23)CC1. The average Bonchev–Trinajstić information content (AvgIpc) is 3.02. The maximum atomic E-state index is 13.2. The van der Waals surface area contributed by atoms with E-state index < -0.39 is 0 Å². The van der Waals surface area contributed by atoms with Crippen molar-refractivity contribution in [3.8, 4) is 0 Å². The van der Waals surface area contributed by atoms with Crippen LogP contribution >= 0.6 is 0 Å². The van der Waals surface area contributed by atoms with Gasteiger partial charge in [-0.05, 0) is 73.4 Å². The smallest absolute Gasteiger partial charge is 0.123 e. The molecule has 25 heavy (non-hydrogen) atoms. The number of rotatable bonds is 4. The quantitative estimate of drug-likeness (QED) is 0.709. The van der Waals surface area contributed by atoms with Gasteiger partial charge < -0.3 is 10.3 Å². The molecule has 130 valence electrons. The Hall–Kier alpha value is -2.13. The molecule has 1 fully saturated rings. The van der Waals surface area contributed by atoms with Gasteiger partial charge in [0, 0.05) is 23.6 Å². The highest BCUT2D eigenvalue weighted by Crippen LogP contribution is 2.39. The third-order valence-corrected chi connectivity index (χ3v) is 5.71. The molecule has 0 bridgehead atoms. The van der Waals surface area contributed by atoms with E-state index in [-0.39, 0.29) is 5.82 Å². The Kier molecular flexibility index (Phi) is 4.58. The molecule has 1 heterocycles. The van der Waals surface area contributed by atoms with Gasteiger partial charge in [-0.3, -0.25) is 0 Å². The van der Waals surface area contributed by atoms with Crippen molar-refractivity contribution in [1.82, 2.24) is 4.57 Å². The van der Waals surface area contributed by atoms with Gasteiger partial charge in [0.1, 0.15) is 5.82 Å². The minimum atomic E-state index is -0.182. The van der Waals surface area contributed by atoms with Gasteiger partial charge in [0.05, 0.1) is 0 Å². The minimum Gasteiger partial charge on any atom is -0.343 e. The summed E-state index contributed by atoms with van der Waals surface area (Å²) in [6.45, 7) is 1.60. The lowest BCUT2D eigenvalue weighted by Gasteiger charge is -2.27. The lowest BCUT2D eigenvalue weighted by atomic mass is 9.79. The third-order valence-electron chi connectivity index (χ3n) is 5.71. The molecule has 1 aromatic heterocycles. The van der Waals surface area contributed by atoms with Crippen LogP contribution in [0.3, 0.4) is 0 Å². The summed E-state index contributed by atoms with van der Waals surface area (Å²) in [5, 5.41) is 1.36. The topological polar surface area (TPSA) is 30.9 Å². The van der Waals surface area contributed by atoms with Gasteiger partial charge in [-0.1, -0.05) is 30.3 Å². The average molecular weight is 336 g/mol. The van der Waals surface area contributed by atoms with E-state index in [9.17, 15) is 4.39 Å². The first-order valence-electron chi connectivity index (χ1n) is 9.27. The van der Waals surface area contributed by atoms with Crippen LogP contribution in [0, 0.1) is 11.7 Å². The Balaban J connectivity index is 1.65.